The van der Waals surface area contributed by atoms with Crippen LogP contribution in [0.5, 0.6) is 0 Å². The third kappa shape index (κ3) is 10.4. The number of benzene rings is 7. The van der Waals surface area contributed by atoms with Gasteiger partial charge in [0.1, 0.15) is 23.0 Å². The Bertz CT molecular complexity index is 4390. The minimum absolute atomic E-state index is 0.0467. The molecular formula is C76H64N8O6. The molecule has 7 aromatic carbocycles. The van der Waals surface area contributed by atoms with E-state index in [4.69, 9.17) is 29.2 Å². The van der Waals surface area contributed by atoms with Crippen LogP contribution in [0.1, 0.15) is 171 Å². The average Bonchev–Trinajstić information content (AvgIpc) is 0.856. The number of fused-ring (bicyclic) bond motifs is 2. The van der Waals surface area contributed by atoms with E-state index in [1.54, 1.807) is 39.8 Å². The van der Waals surface area contributed by atoms with E-state index >= 15 is 9.59 Å². The maximum Gasteiger partial charge on any atom is 0.304 e. The molecule has 0 saturated heterocycles. The van der Waals surface area contributed by atoms with Gasteiger partial charge in [0, 0.05) is 57.3 Å². The van der Waals surface area contributed by atoms with Gasteiger partial charge in [-0.1, -0.05) is 163 Å². The van der Waals surface area contributed by atoms with Crippen LogP contribution in [0.15, 0.2) is 142 Å². The second-order valence-corrected chi connectivity index (χ2v) is 24.3. The Labute approximate surface area is 524 Å². The Morgan fingerprint density at radius 1 is 0.478 bits per heavy atom. The molecule has 90 heavy (non-hydrogen) atoms. The molecular weight excluding hydrogens is 1120 g/mol. The molecule has 4 aliphatic rings. The fraction of sp³-hybridized carbons (Fsp3) is 0.289. The molecule has 4 aliphatic heterocycles. The van der Waals surface area contributed by atoms with Gasteiger partial charge in [0.25, 0.3) is 29.3 Å². The molecule has 7 aromatic rings. The number of allylic oxidation sites excluding steroid dienone is 3. The van der Waals surface area contributed by atoms with E-state index in [1.165, 1.54) is 9.80 Å². The molecule has 4 heterocycles. The summed E-state index contributed by atoms with van der Waals surface area (Å²) in [6.07, 6.45) is 18.8. The van der Waals surface area contributed by atoms with Crippen LogP contribution in [-0.4, -0.2) is 57.7 Å². The van der Waals surface area contributed by atoms with Gasteiger partial charge in [-0.05, 0) is 131 Å². The fourth-order valence-electron chi connectivity index (χ4n) is 13.4. The zero-order chi connectivity index (χ0) is 63.8. The monoisotopic (exact) mass is 1180 g/mol. The van der Waals surface area contributed by atoms with E-state index in [-0.39, 0.29) is 59.1 Å². The second kappa shape index (κ2) is 24.7. The van der Waals surface area contributed by atoms with Crippen LogP contribution in [0, 0.1) is 53.7 Å². The van der Waals surface area contributed by atoms with Crippen molar-refractivity contribution in [1.82, 2.24) is 9.80 Å². The van der Waals surface area contributed by atoms with Gasteiger partial charge in [-0.3, -0.25) is 29.0 Å². The predicted octanol–water partition coefficient (Wildman–Crippen LogP) is 17.9. The topological polar surface area (TPSA) is 178 Å². The molecule has 4 amide bonds. The van der Waals surface area contributed by atoms with Crippen molar-refractivity contribution in [2.24, 2.45) is 0 Å². The fourth-order valence-corrected chi connectivity index (χ4v) is 13.4. The molecule has 0 saturated carbocycles. The summed E-state index contributed by atoms with van der Waals surface area (Å²) in [6, 6.07) is 32.7. The van der Waals surface area contributed by atoms with E-state index in [0.717, 1.165) is 108 Å². The van der Waals surface area contributed by atoms with Crippen molar-refractivity contribution >= 4 is 78.9 Å². The first kappa shape index (κ1) is 60.8. The summed E-state index contributed by atoms with van der Waals surface area (Å²) < 4.78 is 12.1. The highest BCUT2D eigenvalue weighted by molar-refractivity contribution is 6.44. The third-order valence-electron chi connectivity index (χ3n) is 17.9. The van der Waals surface area contributed by atoms with E-state index in [2.05, 4.69) is 34.5 Å². The molecule has 14 nitrogen and oxygen atoms in total. The van der Waals surface area contributed by atoms with Gasteiger partial charge < -0.3 is 9.47 Å². The molecule has 0 aromatic heterocycles. The molecule has 0 aliphatic carbocycles. The van der Waals surface area contributed by atoms with Gasteiger partial charge in [0.15, 0.2) is 5.76 Å². The number of hydrogen-bond donors (Lipinski definition) is 0. The largest absolute Gasteiger partial charge is 0.505 e. The summed E-state index contributed by atoms with van der Waals surface area (Å²) in [5.74, 6) is -1.62. The lowest BCUT2D eigenvalue weighted by Crippen LogP contribution is -2.41. The predicted molar refractivity (Wildman–Crippen MR) is 349 cm³/mol. The quantitative estimate of drug-likeness (QED) is 0.0179. The number of imide groups is 2. The minimum Gasteiger partial charge on any atom is -0.505 e. The lowest BCUT2D eigenvalue weighted by atomic mass is 9.77. The first-order valence-electron chi connectivity index (χ1n) is 30.8. The SMILES string of the molecule is [C-]#[N+]C1=C(/C=C/c2ccc(-c3cc4c5c(ccc6c7c(-c8ccc(/C=C/C9=C(C#N)C(=C(\C#N)[N+]#[C-])/OC9(C)C)cc8)cc8c9c(ccc(c3c56)c97)C(=O)N(CCCCCCCC)C8=O)C(=O)N(CCCCCCCC)C4=O)cc2)C(C)(C)O/C1=C(\C#N)[N+]#[C-]. The van der Waals surface area contributed by atoms with E-state index in [9.17, 15) is 25.4 Å². The van der Waals surface area contributed by atoms with Gasteiger partial charge in [-0.2, -0.15) is 5.26 Å². The number of hydrogen-bond acceptors (Lipinski definition) is 9. The van der Waals surface area contributed by atoms with Gasteiger partial charge >= 0.3 is 5.70 Å². The van der Waals surface area contributed by atoms with E-state index in [1.807, 2.05) is 109 Å². The number of ether oxygens (including phenoxy) is 2. The van der Waals surface area contributed by atoms with Gasteiger partial charge in [-0.15, -0.1) is 0 Å². The van der Waals surface area contributed by atoms with Crippen LogP contribution in [0.3, 0.4) is 0 Å². The van der Waals surface area contributed by atoms with Crippen molar-refractivity contribution < 1.29 is 28.7 Å². The molecule has 0 N–H and O–H groups in total. The van der Waals surface area contributed by atoms with Crippen molar-refractivity contribution in [1.29, 1.82) is 15.8 Å². The van der Waals surface area contributed by atoms with Crippen molar-refractivity contribution in [2.75, 3.05) is 13.1 Å². The van der Waals surface area contributed by atoms with Gasteiger partial charge in [0.05, 0.1) is 37.4 Å². The number of nitriles is 3. The number of rotatable bonds is 20. The third-order valence-corrected chi connectivity index (χ3v) is 17.9. The normalized spacial score (nSPS) is 16.9. The molecule has 0 radical (unpaired) electrons. The molecule has 444 valence electrons. The smallest absolute Gasteiger partial charge is 0.304 e. The molecule has 0 atom stereocenters. The van der Waals surface area contributed by atoms with Crippen molar-refractivity contribution in [3.63, 3.8) is 0 Å². The molecule has 0 fully saturated rings. The van der Waals surface area contributed by atoms with E-state index < -0.39 is 23.0 Å². The van der Waals surface area contributed by atoms with Crippen LogP contribution in [0.2, 0.25) is 0 Å². The number of carbonyl (C=O) groups is 4. The molecule has 14 heteroatoms. The average molecular weight is 1190 g/mol. The van der Waals surface area contributed by atoms with E-state index in [0.29, 0.717) is 78.9 Å². The number of unbranched alkanes of at least 4 members (excludes halogenated alkanes) is 10. The summed E-state index contributed by atoms with van der Waals surface area (Å²) in [4.78, 5) is 73.5. The summed E-state index contributed by atoms with van der Waals surface area (Å²) >= 11 is 0. The molecule has 0 unspecified atom stereocenters. The maximum atomic E-state index is 15.3. The highest BCUT2D eigenvalue weighted by atomic mass is 16.5. The molecule has 11 rings (SSSR count). The number of nitrogens with zero attached hydrogens (tertiary/aromatic N) is 8. The zero-order valence-corrected chi connectivity index (χ0v) is 51.3. The number of amides is 4. The van der Waals surface area contributed by atoms with Crippen molar-refractivity contribution in [2.45, 2.75) is 130 Å². The zero-order valence-electron chi connectivity index (χ0n) is 51.3. The van der Waals surface area contributed by atoms with Gasteiger partial charge in [0.2, 0.25) is 5.70 Å². The Morgan fingerprint density at radius 3 is 1.30 bits per heavy atom. The minimum atomic E-state index is -1.02. The summed E-state index contributed by atoms with van der Waals surface area (Å²) in [6.45, 7) is 35.0. The van der Waals surface area contributed by atoms with Crippen molar-refractivity contribution in [3.05, 3.63) is 210 Å². The first-order chi connectivity index (χ1) is 43.5. The Hall–Kier alpha value is -10.9. The lowest BCUT2D eigenvalue weighted by molar-refractivity contribution is 0.0592. The molecule has 0 spiro atoms. The standard InChI is InChI=1S/C76H64N8O6/c1-10-12-14-16-18-20-38-83-71(85)51-35-33-50-63-54(48-30-24-46(25-31-48)27-37-59-68(82-9)70(61(44-79)81-8)90-76(59,5)6)41-56-65-52(72(86)84(74(56)88)39-21-19-17-15-13-11-2)34-32-49(67(63)65)62-53(40-55(73(83)87)64(51)66(50)62)47-28-22-45(23-29-47)26-36-58-57(42-77)69(60(43-78)80-7)89-75(58,3)4/h22-37,40-41H,10-21,38-39H2,1-6H3/b36-26+,37-27+,69-60-,70-61+. The van der Waals surface area contributed by atoms with Crippen LogP contribution in [0.4, 0.5) is 0 Å². The summed E-state index contributed by atoms with van der Waals surface area (Å²) in [5, 5.41) is 35.0. The highest BCUT2D eigenvalue weighted by Gasteiger charge is 2.42. The van der Waals surface area contributed by atoms with Crippen molar-refractivity contribution in [3.8, 4) is 40.5 Å². The van der Waals surface area contributed by atoms with Gasteiger partial charge in [-0.25, -0.2) is 25.1 Å². The maximum absolute atomic E-state index is 15.3. The van der Waals surface area contributed by atoms with Crippen LogP contribution in [-0.2, 0) is 9.47 Å². The van der Waals surface area contributed by atoms with Crippen LogP contribution < -0.4 is 0 Å². The Kier molecular flexibility index (Phi) is 16.7. The summed E-state index contributed by atoms with van der Waals surface area (Å²) in [7, 11) is 0. The highest BCUT2D eigenvalue weighted by Crippen LogP contribution is 2.53. The molecule has 0 bridgehead atoms. The first-order valence-corrected chi connectivity index (χ1v) is 30.8. The Balaban J connectivity index is 1.13. The summed E-state index contributed by atoms with van der Waals surface area (Å²) in [5.41, 5.74) is 4.52. The van der Waals surface area contributed by atoms with Crippen LogP contribution in [0.25, 0.3) is 92.0 Å². The van der Waals surface area contributed by atoms with Crippen LogP contribution >= 0.6 is 0 Å². The second-order valence-electron chi connectivity index (χ2n) is 24.3. The Morgan fingerprint density at radius 2 is 0.878 bits per heavy atom. The number of carbonyl (C=O) groups excluding carboxylic acids is 4. The lowest BCUT2D eigenvalue weighted by Gasteiger charge is -2.32.